The fraction of sp³-hybridized carbons (Fsp3) is 0.471. The first kappa shape index (κ1) is 17.2. The van der Waals surface area contributed by atoms with Gasteiger partial charge in [-0.2, -0.15) is 0 Å². The number of fused-ring (bicyclic) bond motifs is 2. The van der Waals surface area contributed by atoms with Crippen molar-refractivity contribution in [1.82, 2.24) is 4.90 Å². The zero-order valence-corrected chi connectivity index (χ0v) is 14.2. The molecule has 1 aromatic carbocycles. The molecule has 3 rings (SSSR count). The molecule has 2 aliphatic rings. The summed E-state index contributed by atoms with van der Waals surface area (Å²) in [4.78, 5) is 37.6. The largest absolute Gasteiger partial charge is 0.459 e. The lowest BCUT2D eigenvalue weighted by Crippen LogP contribution is -2.41. The second-order valence-electron chi connectivity index (χ2n) is 7.21. The number of aryl methyl sites for hydroxylation is 1. The first-order valence-corrected chi connectivity index (χ1v) is 7.89. The zero-order valence-electron chi connectivity index (χ0n) is 14.2. The minimum Gasteiger partial charge on any atom is -0.459 e. The smallest absolute Gasteiger partial charge is 0.418 e. The predicted octanol–water partition coefficient (Wildman–Crippen LogP) is 1.87. The highest BCUT2D eigenvalue weighted by molar-refractivity contribution is 6.06. The number of carbonyl (C=O) groups excluding carboxylic acids is 3. The first-order chi connectivity index (χ1) is 11.5. The molecule has 8 heteroatoms. The van der Waals surface area contributed by atoms with Crippen LogP contribution in [0.25, 0.3) is 0 Å². The predicted molar refractivity (Wildman–Crippen MR) is 84.9 cm³/mol. The molecule has 0 saturated carbocycles. The summed E-state index contributed by atoms with van der Waals surface area (Å²) < 4.78 is 24.8. The number of hydrogen-bond donors (Lipinski definition) is 1. The minimum absolute atomic E-state index is 0.0201. The molecule has 0 radical (unpaired) electrons. The molecule has 25 heavy (non-hydrogen) atoms. The number of anilines is 1. The molecule has 1 aliphatic carbocycles. The van der Waals surface area contributed by atoms with E-state index in [1.807, 2.05) is 0 Å². The summed E-state index contributed by atoms with van der Waals surface area (Å²) in [7, 11) is 0. The maximum Gasteiger partial charge on any atom is 0.418 e. The van der Waals surface area contributed by atoms with E-state index in [0.717, 1.165) is 6.07 Å². The number of rotatable bonds is 2. The van der Waals surface area contributed by atoms with E-state index in [9.17, 15) is 18.8 Å². The Morgan fingerprint density at radius 1 is 1.40 bits per heavy atom. The molecule has 1 heterocycles. The van der Waals surface area contributed by atoms with Crippen molar-refractivity contribution in [2.24, 2.45) is 0 Å². The fourth-order valence-corrected chi connectivity index (χ4v) is 3.28. The molecule has 134 valence electrons. The van der Waals surface area contributed by atoms with Crippen LogP contribution in [0.2, 0.25) is 0 Å². The van der Waals surface area contributed by atoms with Crippen molar-refractivity contribution in [3.8, 4) is 0 Å². The Hall–Kier alpha value is -2.64. The molecule has 1 saturated heterocycles. The molecule has 0 bridgehead atoms. The van der Waals surface area contributed by atoms with Crippen LogP contribution in [0.15, 0.2) is 12.1 Å². The molecule has 1 aliphatic heterocycles. The van der Waals surface area contributed by atoms with Gasteiger partial charge >= 0.3 is 12.1 Å². The van der Waals surface area contributed by atoms with E-state index in [2.05, 4.69) is 0 Å². The number of hydrogen-bond acceptors (Lipinski definition) is 6. The second-order valence-corrected chi connectivity index (χ2v) is 7.21. The highest BCUT2D eigenvalue weighted by Crippen LogP contribution is 2.47. The number of nitrogens with two attached hydrogens (primary N) is 1. The molecular formula is C17H19FN2O5. The molecule has 1 fully saturated rings. The minimum atomic E-state index is -1.73. The van der Waals surface area contributed by atoms with Crippen LogP contribution >= 0.6 is 0 Å². The van der Waals surface area contributed by atoms with Crippen molar-refractivity contribution in [3.63, 3.8) is 0 Å². The number of amides is 2. The number of nitrogen functional groups attached to an aromatic ring is 1. The van der Waals surface area contributed by atoms with Crippen LogP contribution in [0.5, 0.6) is 0 Å². The van der Waals surface area contributed by atoms with E-state index >= 15 is 0 Å². The van der Waals surface area contributed by atoms with Gasteiger partial charge in [-0.05, 0) is 44.9 Å². The third-order valence-corrected chi connectivity index (χ3v) is 4.12. The Kier molecular flexibility index (Phi) is 3.74. The molecule has 2 amide bonds. The average Bonchev–Trinajstić information content (AvgIpc) is 2.91. The molecule has 0 aromatic heterocycles. The summed E-state index contributed by atoms with van der Waals surface area (Å²) in [5.41, 5.74) is 3.92. The molecular weight excluding hydrogens is 331 g/mol. The van der Waals surface area contributed by atoms with Gasteiger partial charge in [0.15, 0.2) is 0 Å². The lowest BCUT2D eigenvalue weighted by molar-refractivity contribution is -0.157. The van der Waals surface area contributed by atoms with Gasteiger partial charge in [0.25, 0.3) is 5.91 Å². The Labute approximate surface area is 143 Å². The summed E-state index contributed by atoms with van der Waals surface area (Å²) in [6.45, 7) is 4.43. The second kappa shape index (κ2) is 5.44. The number of benzene rings is 1. The van der Waals surface area contributed by atoms with Gasteiger partial charge < -0.3 is 15.2 Å². The number of esters is 1. The van der Waals surface area contributed by atoms with E-state index < -0.39 is 41.5 Å². The summed E-state index contributed by atoms with van der Waals surface area (Å²) >= 11 is 0. The van der Waals surface area contributed by atoms with Gasteiger partial charge in [0.2, 0.25) is 5.60 Å². The SMILES string of the molecule is CC(C)(C)OC(=O)CN1C(=O)OC2(CCc3cc(N)cc(F)c32)C1=O. The molecule has 2 N–H and O–H groups in total. The van der Waals surface area contributed by atoms with E-state index in [-0.39, 0.29) is 17.7 Å². The van der Waals surface area contributed by atoms with Gasteiger partial charge in [-0.1, -0.05) is 0 Å². The van der Waals surface area contributed by atoms with Crippen molar-refractivity contribution >= 4 is 23.7 Å². The third kappa shape index (κ3) is 2.81. The van der Waals surface area contributed by atoms with Crippen LogP contribution in [0.1, 0.15) is 38.3 Å². The van der Waals surface area contributed by atoms with Gasteiger partial charge in [-0.15, -0.1) is 0 Å². The normalized spacial score (nSPS) is 22.3. The summed E-state index contributed by atoms with van der Waals surface area (Å²) in [5.74, 6) is -2.20. The summed E-state index contributed by atoms with van der Waals surface area (Å²) in [6.07, 6.45) is -0.533. The molecule has 1 spiro atoms. The summed E-state index contributed by atoms with van der Waals surface area (Å²) in [5, 5.41) is 0. The van der Waals surface area contributed by atoms with Crippen molar-refractivity contribution in [1.29, 1.82) is 0 Å². The van der Waals surface area contributed by atoms with Crippen molar-refractivity contribution in [2.45, 2.75) is 44.8 Å². The highest BCUT2D eigenvalue weighted by atomic mass is 19.1. The van der Waals surface area contributed by atoms with Crippen LogP contribution < -0.4 is 5.73 Å². The number of imide groups is 1. The number of ether oxygens (including phenoxy) is 2. The monoisotopic (exact) mass is 350 g/mol. The zero-order chi connectivity index (χ0) is 18.6. The third-order valence-electron chi connectivity index (χ3n) is 4.12. The first-order valence-electron chi connectivity index (χ1n) is 7.89. The van der Waals surface area contributed by atoms with Crippen LogP contribution in [-0.4, -0.2) is 35.0 Å². The lowest BCUT2D eigenvalue weighted by atomic mass is 9.94. The fourth-order valence-electron chi connectivity index (χ4n) is 3.28. The quantitative estimate of drug-likeness (QED) is 0.646. The number of carbonyl (C=O) groups is 3. The van der Waals surface area contributed by atoms with Crippen LogP contribution in [0.3, 0.4) is 0 Å². The Bertz CT molecular complexity index is 786. The average molecular weight is 350 g/mol. The van der Waals surface area contributed by atoms with E-state index in [0.29, 0.717) is 16.9 Å². The van der Waals surface area contributed by atoms with Crippen LogP contribution in [0, 0.1) is 5.82 Å². The van der Waals surface area contributed by atoms with Crippen molar-refractivity contribution in [2.75, 3.05) is 12.3 Å². The Morgan fingerprint density at radius 3 is 2.72 bits per heavy atom. The van der Waals surface area contributed by atoms with Crippen molar-refractivity contribution in [3.05, 3.63) is 29.1 Å². The van der Waals surface area contributed by atoms with Gasteiger partial charge in [-0.25, -0.2) is 14.1 Å². The lowest BCUT2D eigenvalue weighted by Gasteiger charge is -2.22. The Balaban J connectivity index is 1.90. The molecule has 1 unspecified atom stereocenters. The maximum atomic E-state index is 14.4. The van der Waals surface area contributed by atoms with Gasteiger partial charge in [0.1, 0.15) is 18.0 Å². The summed E-state index contributed by atoms with van der Waals surface area (Å²) in [6, 6.07) is 2.65. The number of nitrogens with zero attached hydrogens (tertiary/aromatic N) is 1. The highest BCUT2D eigenvalue weighted by Gasteiger charge is 2.59. The van der Waals surface area contributed by atoms with E-state index in [1.165, 1.54) is 0 Å². The van der Waals surface area contributed by atoms with E-state index in [1.54, 1.807) is 26.8 Å². The molecule has 1 atom stereocenters. The van der Waals surface area contributed by atoms with Crippen molar-refractivity contribution < 1.29 is 28.2 Å². The number of halogens is 1. The van der Waals surface area contributed by atoms with E-state index in [4.69, 9.17) is 15.2 Å². The molecule has 1 aromatic rings. The van der Waals surface area contributed by atoms with Crippen LogP contribution in [0.4, 0.5) is 14.9 Å². The van der Waals surface area contributed by atoms with Gasteiger partial charge in [0, 0.05) is 17.7 Å². The topological polar surface area (TPSA) is 98.9 Å². The Morgan fingerprint density at radius 2 is 2.08 bits per heavy atom. The van der Waals surface area contributed by atoms with Gasteiger partial charge in [0.05, 0.1) is 0 Å². The standard InChI is InChI=1S/C17H19FN2O5/c1-16(2,3)24-12(21)8-20-14(22)17(25-15(20)23)5-4-9-6-10(19)7-11(18)13(9)17/h6-7H,4-5,8,19H2,1-3H3. The van der Waals surface area contributed by atoms with Crippen LogP contribution in [-0.2, 0) is 31.1 Å². The van der Waals surface area contributed by atoms with Gasteiger partial charge in [-0.3, -0.25) is 9.59 Å². The maximum absolute atomic E-state index is 14.4. The molecule has 7 nitrogen and oxygen atoms in total.